The van der Waals surface area contributed by atoms with Gasteiger partial charge in [-0.05, 0) is 42.3 Å². The molecule has 1 amide bonds. The molecule has 0 spiro atoms. The average Bonchev–Trinajstić information content (AvgIpc) is 3.05. The number of aromatic nitrogens is 1. The number of nitrogens with zero attached hydrogens (tertiary/aromatic N) is 1. The molecule has 0 saturated carbocycles. The second kappa shape index (κ2) is 5.98. The number of H-pyrrole nitrogens is 1. The summed E-state index contributed by atoms with van der Waals surface area (Å²) in [6.07, 6.45) is 1.06. The molecule has 8 nitrogen and oxygen atoms in total. The van der Waals surface area contributed by atoms with E-state index in [2.05, 4.69) is 9.71 Å². The zero-order valence-corrected chi connectivity index (χ0v) is 15.5. The minimum Gasteiger partial charge on any atom is -0.408 e. The van der Waals surface area contributed by atoms with Crippen molar-refractivity contribution in [3.8, 4) is 0 Å². The van der Waals surface area contributed by atoms with Gasteiger partial charge in [0.25, 0.3) is 5.91 Å². The minimum atomic E-state index is -3.42. The molecule has 0 fully saturated rings. The van der Waals surface area contributed by atoms with Gasteiger partial charge in [-0.25, -0.2) is 13.2 Å². The first kappa shape index (κ1) is 17.3. The standard InChI is InChI=1S/C18H17N3O5S/c1-10-13-5-4-12(20-27(2,24)25)8-14(13)17(22)21(10)9-11-3-6-15-16(7-11)26-18(23)19-15/h3-8,10,20H,9H2,1-2H3,(H,19,23). The summed E-state index contributed by atoms with van der Waals surface area (Å²) in [5.41, 5.74) is 3.54. The van der Waals surface area contributed by atoms with Crippen molar-refractivity contribution in [2.24, 2.45) is 0 Å². The number of hydrogen-bond donors (Lipinski definition) is 2. The number of amides is 1. The van der Waals surface area contributed by atoms with Gasteiger partial charge < -0.3 is 9.32 Å². The van der Waals surface area contributed by atoms with Crippen molar-refractivity contribution in [2.45, 2.75) is 19.5 Å². The van der Waals surface area contributed by atoms with Crippen LogP contribution in [0.2, 0.25) is 0 Å². The third kappa shape index (κ3) is 3.21. The molecule has 1 atom stereocenters. The fourth-order valence-electron chi connectivity index (χ4n) is 3.38. The third-order valence-corrected chi connectivity index (χ3v) is 5.21. The van der Waals surface area contributed by atoms with Crippen LogP contribution >= 0.6 is 0 Å². The lowest BCUT2D eigenvalue weighted by molar-refractivity contribution is 0.0723. The van der Waals surface area contributed by atoms with Gasteiger partial charge in [-0.15, -0.1) is 0 Å². The van der Waals surface area contributed by atoms with Crippen molar-refractivity contribution in [2.75, 3.05) is 11.0 Å². The topological polar surface area (TPSA) is 112 Å². The van der Waals surface area contributed by atoms with E-state index in [1.807, 2.05) is 13.0 Å². The molecule has 2 aromatic carbocycles. The summed E-state index contributed by atoms with van der Waals surface area (Å²) in [6, 6.07) is 10.1. The molecule has 140 valence electrons. The lowest BCUT2D eigenvalue weighted by atomic mass is 10.1. The first-order valence-corrected chi connectivity index (χ1v) is 10.1. The number of rotatable bonds is 4. The van der Waals surface area contributed by atoms with Gasteiger partial charge in [-0.2, -0.15) is 0 Å². The van der Waals surface area contributed by atoms with Crippen LogP contribution in [-0.2, 0) is 16.6 Å². The molecule has 0 bridgehead atoms. The maximum Gasteiger partial charge on any atom is 0.417 e. The van der Waals surface area contributed by atoms with Gasteiger partial charge >= 0.3 is 5.76 Å². The molecule has 0 saturated heterocycles. The van der Waals surface area contributed by atoms with Gasteiger partial charge in [0.05, 0.1) is 17.8 Å². The van der Waals surface area contributed by atoms with Crippen molar-refractivity contribution in [1.29, 1.82) is 0 Å². The summed E-state index contributed by atoms with van der Waals surface area (Å²) < 4.78 is 30.3. The molecular formula is C18H17N3O5S. The molecule has 2 heterocycles. The van der Waals surface area contributed by atoms with E-state index < -0.39 is 15.8 Å². The monoisotopic (exact) mass is 387 g/mol. The van der Waals surface area contributed by atoms with Crippen LogP contribution < -0.4 is 10.5 Å². The van der Waals surface area contributed by atoms with Crippen LogP contribution in [0.1, 0.15) is 34.5 Å². The van der Waals surface area contributed by atoms with E-state index in [1.165, 1.54) is 0 Å². The molecule has 4 rings (SSSR count). The summed E-state index contributed by atoms with van der Waals surface area (Å²) >= 11 is 0. The van der Waals surface area contributed by atoms with Crippen molar-refractivity contribution in [3.05, 3.63) is 63.6 Å². The van der Waals surface area contributed by atoms with Gasteiger partial charge in [-0.1, -0.05) is 12.1 Å². The Morgan fingerprint density at radius 3 is 2.70 bits per heavy atom. The summed E-state index contributed by atoms with van der Waals surface area (Å²) in [5, 5.41) is 0. The molecule has 0 aliphatic carbocycles. The summed E-state index contributed by atoms with van der Waals surface area (Å²) in [4.78, 5) is 28.4. The van der Waals surface area contributed by atoms with E-state index in [9.17, 15) is 18.0 Å². The minimum absolute atomic E-state index is 0.159. The number of aromatic amines is 1. The van der Waals surface area contributed by atoms with Crippen LogP contribution in [0.3, 0.4) is 0 Å². The highest BCUT2D eigenvalue weighted by Crippen LogP contribution is 2.36. The molecule has 0 radical (unpaired) electrons. The van der Waals surface area contributed by atoms with E-state index in [4.69, 9.17) is 4.42 Å². The van der Waals surface area contributed by atoms with E-state index >= 15 is 0 Å². The first-order valence-electron chi connectivity index (χ1n) is 8.26. The summed E-state index contributed by atoms with van der Waals surface area (Å²) in [7, 11) is -3.42. The van der Waals surface area contributed by atoms with Gasteiger partial charge in [0.15, 0.2) is 5.58 Å². The van der Waals surface area contributed by atoms with Crippen LogP contribution in [0, 0.1) is 0 Å². The zero-order chi connectivity index (χ0) is 19.3. The SMILES string of the molecule is CC1c2ccc(NS(C)(=O)=O)cc2C(=O)N1Cc1ccc2[nH]c(=O)oc2c1. The number of nitrogens with one attached hydrogen (secondary N) is 2. The lowest BCUT2D eigenvalue weighted by Gasteiger charge is -2.22. The molecule has 1 aromatic heterocycles. The highest BCUT2D eigenvalue weighted by Gasteiger charge is 2.34. The first-order chi connectivity index (χ1) is 12.7. The Kier molecular flexibility index (Phi) is 3.84. The Morgan fingerprint density at radius 1 is 1.19 bits per heavy atom. The predicted molar refractivity (Wildman–Crippen MR) is 100 cm³/mol. The van der Waals surface area contributed by atoms with Crippen LogP contribution in [0.15, 0.2) is 45.6 Å². The Labute approximate surface area is 154 Å². The highest BCUT2D eigenvalue weighted by molar-refractivity contribution is 7.92. The molecular weight excluding hydrogens is 370 g/mol. The van der Waals surface area contributed by atoms with Gasteiger partial charge in [-0.3, -0.25) is 14.5 Å². The lowest BCUT2D eigenvalue weighted by Crippen LogP contribution is -2.26. The molecule has 27 heavy (non-hydrogen) atoms. The predicted octanol–water partition coefficient (Wildman–Crippen LogP) is 2.21. The molecule has 2 N–H and O–H groups in total. The maximum absolute atomic E-state index is 12.9. The molecule has 1 aliphatic rings. The third-order valence-electron chi connectivity index (χ3n) is 4.60. The Balaban J connectivity index is 1.63. The summed E-state index contributed by atoms with van der Waals surface area (Å²) in [5.74, 6) is -0.698. The molecule has 1 aliphatic heterocycles. The van der Waals surface area contributed by atoms with Crippen molar-refractivity contribution in [1.82, 2.24) is 9.88 Å². The number of fused-ring (bicyclic) bond motifs is 2. The second-order valence-corrected chi connectivity index (χ2v) is 8.38. The maximum atomic E-state index is 12.9. The average molecular weight is 387 g/mol. The Morgan fingerprint density at radius 2 is 1.96 bits per heavy atom. The number of benzene rings is 2. The second-order valence-electron chi connectivity index (χ2n) is 6.63. The number of oxazole rings is 1. The number of carbonyl (C=O) groups is 1. The zero-order valence-electron chi connectivity index (χ0n) is 14.6. The van der Waals surface area contributed by atoms with Gasteiger partial charge in [0, 0.05) is 17.8 Å². The van der Waals surface area contributed by atoms with E-state index in [0.717, 1.165) is 17.4 Å². The quantitative estimate of drug-likeness (QED) is 0.713. The fourth-order valence-corrected chi connectivity index (χ4v) is 3.93. The van der Waals surface area contributed by atoms with Gasteiger partial charge in [0.2, 0.25) is 10.0 Å². The summed E-state index contributed by atoms with van der Waals surface area (Å²) in [6.45, 7) is 2.26. The smallest absolute Gasteiger partial charge is 0.408 e. The van der Waals surface area contributed by atoms with E-state index in [-0.39, 0.29) is 11.9 Å². The van der Waals surface area contributed by atoms with Crippen LogP contribution in [-0.4, -0.2) is 30.5 Å². The van der Waals surface area contributed by atoms with Crippen LogP contribution in [0.4, 0.5) is 5.69 Å². The Bertz CT molecular complexity index is 1230. The van der Waals surface area contributed by atoms with E-state index in [0.29, 0.717) is 28.9 Å². The highest BCUT2D eigenvalue weighted by atomic mass is 32.2. The van der Waals surface area contributed by atoms with Crippen molar-refractivity contribution >= 4 is 32.7 Å². The largest absolute Gasteiger partial charge is 0.417 e. The van der Waals surface area contributed by atoms with Crippen LogP contribution in [0.5, 0.6) is 0 Å². The van der Waals surface area contributed by atoms with Crippen LogP contribution in [0.25, 0.3) is 11.1 Å². The van der Waals surface area contributed by atoms with Crippen molar-refractivity contribution in [3.63, 3.8) is 0 Å². The Hall–Kier alpha value is -3.07. The molecule has 1 unspecified atom stereocenters. The molecule has 9 heteroatoms. The number of anilines is 1. The normalized spacial score (nSPS) is 16.7. The van der Waals surface area contributed by atoms with Crippen molar-refractivity contribution < 1.29 is 17.6 Å². The number of hydrogen-bond acceptors (Lipinski definition) is 5. The number of sulfonamides is 1. The fraction of sp³-hybridized carbons (Fsp3) is 0.222. The number of carbonyl (C=O) groups excluding carboxylic acids is 1. The molecule has 3 aromatic rings. The van der Waals surface area contributed by atoms with Gasteiger partial charge in [0.1, 0.15) is 0 Å². The van der Waals surface area contributed by atoms with E-state index in [1.54, 1.807) is 35.2 Å².